The van der Waals surface area contributed by atoms with Crippen molar-refractivity contribution in [2.45, 2.75) is 39.0 Å². The Morgan fingerprint density at radius 3 is 3.00 bits per heavy atom. The number of carbonyl (C=O) groups is 1. The molecule has 1 fully saturated rings. The van der Waals surface area contributed by atoms with Crippen molar-refractivity contribution in [3.63, 3.8) is 0 Å². The molecule has 1 saturated carbocycles. The van der Waals surface area contributed by atoms with E-state index in [1.165, 1.54) is 12.8 Å². The molecule has 0 N–H and O–H groups in total. The summed E-state index contributed by atoms with van der Waals surface area (Å²) in [6.07, 6.45) is 6.73. The molecule has 1 aliphatic carbocycles. The predicted molar refractivity (Wildman–Crippen MR) is 58.5 cm³/mol. The lowest BCUT2D eigenvalue weighted by Gasteiger charge is -2.07. The highest BCUT2D eigenvalue weighted by Gasteiger charge is 2.28. The molecule has 0 spiro atoms. The van der Waals surface area contributed by atoms with Crippen LogP contribution in [-0.2, 0) is 11.2 Å². The summed E-state index contributed by atoms with van der Waals surface area (Å²) >= 11 is 0. The number of carbonyl (C=O) groups excluding carboxylic acids is 1. The lowest BCUT2D eigenvalue weighted by Crippen LogP contribution is -2.13. The van der Waals surface area contributed by atoms with Gasteiger partial charge in [0.05, 0.1) is 12.7 Å². The molecule has 1 aliphatic rings. The van der Waals surface area contributed by atoms with Crippen molar-refractivity contribution in [3.05, 3.63) is 24.2 Å². The molecule has 2 nitrogen and oxygen atoms in total. The van der Waals surface area contributed by atoms with E-state index in [0.717, 1.165) is 24.5 Å². The third-order valence-corrected chi connectivity index (χ3v) is 3.50. The first-order valence-electron chi connectivity index (χ1n) is 5.84. The second kappa shape index (κ2) is 4.65. The van der Waals surface area contributed by atoms with Gasteiger partial charge in [-0.15, -0.1) is 0 Å². The molecule has 15 heavy (non-hydrogen) atoms. The van der Waals surface area contributed by atoms with Gasteiger partial charge < -0.3 is 4.42 Å². The fourth-order valence-corrected chi connectivity index (χ4v) is 2.47. The Bertz CT molecular complexity index is 313. The maximum absolute atomic E-state index is 11.9. The van der Waals surface area contributed by atoms with E-state index >= 15 is 0 Å². The third-order valence-electron chi connectivity index (χ3n) is 3.50. The van der Waals surface area contributed by atoms with Crippen molar-refractivity contribution in [2.24, 2.45) is 11.8 Å². The van der Waals surface area contributed by atoms with Crippen LogP contribution in [0.4, 0.5) is 0 Å². The number of furan rings is 1. The van der Waals surface area contributed by atoms with Gasteiger partial charge in [-0.3, -0.25) is 4.79 Å². The Balaban J connectivity index is 1.87. The summed E-state index contributed by atoms with van der Waals surface area (Å²) in [5.41, 5.74) is 0. The molecular formula is C13H18O2. The van der Waals surface area contributed by atoms with Crippen LogP contribution in [0.5, 0.6) is 0 Å². The van der Waals surface area contributed by atoms with E-state index in [2.05, 4.69) is 6.92 Å². The van der Waals surface area contributed by atoms with Crippen molar-refractivity contribution in [1.82, 2.24) is 0 Å². The number of hydrogen-bond donors (Lipinski definition) is 0. The zero-order valence-electron chi connectivity index (χ0n) is 9.24. The minimum absolute atomic E-state index is 0.292. The third kappa shape index (κ3) is 2.49. The molecule has 0 bridgehead atoms. The zero-order chi connectivity index (χ0) is 10.7. The van der Waals surface area contributed by atoms with Gasteiger partial charge >= 0.3 is 0 Å². The molecule has 0 aromatic carbocycles. The number of hydrogen-bond acceptors (Lipinski definition) is 2. The summed E-state index contributed by atoms with van der Waals surface area (Å²) in [4.78, 5) is 11.9. The van der Waals surface area contributed by atoms with Crippen LogP contribution < -0.4 is 0 Å². The van der Waals surface area contributed by atoms with Crippen LogP contribution in [0, 0.1) is 11.8 Å². The minimum Gasteiger partial charge on any atom is -0.469 e. The molecule has 0 saturated heterocycles. The Kier molecular flexibility index (Phi) is 3.24. The van der Waals surface area contributed by atoms with E-state index in [0.29, 0.717) is 18.1 Å². The monoisotopic (exact) mass is 206 g/mol. The Morgan fingerprint density at radius 1 is 1.53 bits per heavy atom. The van der Waals surface area contributed by atoms with Crippen LogP contribution in [0.15, 0.2) is 22.8 Å². The smallest absolute Gasteiger partial charge is 0.143 e. The lowest BCUT2D eigenvalue weighted by molar-refractivity contribution is -0.122. The topological polar surface area (TPSA) is 30.2 Å². The largest absolute Gasteiger partial charge is 0.469 e. The first-order chi connectivity index (χ1) is 7.29. The molecule has 82 valence electrons. The van der Waals surface area contributed by atoms with Crippen LogP contribution in [0.1, 0.15) is 38.4 Å². The molecule has 1 aromatic heterocycles. The summed E-state index contributed by atoms with van der Waals surface area (Å²) in [5.74, 6) is 2.23. The van der Waals surface area contributed by atoms with Crippen LogP contribution in [0.2, 0.25) is 0 Å². The van der Waals surface area contributed by atoms with Crippen molar-refractivity contribution in [2.75, 3.05) is 0 Å². The molecule has 1 aromatic rings. The highest BCUT2D eigenvalue weighted by Crippen LogP contribution is 2.33. The summed E-state index contributed by atoms with van der Waals surface area (Å²) in [5, 5.41) is 0. The molecule has 2 rings (SSSR count). The van der Waals surface area contributed by atoms with E-state index < -0.39 is 0 Å². The summed E-state index contributed by atoms with van der Waals surface area (Å²) < 4.78 is 5.20. The molecule has 0 amide bonds. The van der Waals surface area contributed by atoms with Crippen LogP contribution in [0.3, 0.4) is 0 Å². The van der Waals surface area contributed by atoms with Gasteiger partial charge in [0.2, 0.25) is 0 Å². The molecule has 2 heteroatoms. The normalized spacial score (nSPS) is 25.7. The maximum atomic E-state index is 11.9. The first kappa shape index (κ1) is 10.5. The molecule has 0 radical (unpaired) electrons. The summed E-state index contributed by atoms with van der Waals surface area (Å²) in [6, 6.07) is 3.72. The first-order valence-corrected chi connectivity index (χ1v) is 5.84. The summed E-state index contributed by atoms with van der Waals surface area (Å²) in [7, 11) is 0. The second-order valence-corrected chi connectivity index (χ2v) is 4.51. The number of Topliss-reactive ketones (excluding diaryl/α,β-unsaturated/α-hetero) is 1. The zero-order valence-corrected chi connectivity index (χ0v) is 9.24. The molecule has 2 atom stereocenters. The average Bonchev–Trinajstić information content (AvgIpc) is 2.86. The average molecular weight is 206 g/mol. The molecular weight excluding hydrogens is 188 g/mol. The van der Waals surface area contributed by atoms with Crippen molar-refractivity contribution >= 4 is 5.78 Å². The van der Waals surface area contributed by atoms with Crippen molar-refractivity contribution < 1.29 is 9.21 Å². The SMILES string of the molecule is CCC1CCC(C(=O)Cc2ccco2)C1. The Morgan fingerprint density at radius 2 is 2.40 bits per heavy atom. The van der Waals surface area contributed by atoms with E-state index in [1.54, 1.807) is 6.26 Å². The standard InChI is InChI=1S/C13H18O2/c1-2-10-5-6-11(8-10)13(14)9-12-4-3-7-15-12/h3-4,7,10-11H,2,5-6,8-9H2,1H3. The predicted octanol–water partition coefficient (Wildman–Crippen LogP) is 3.22. The summed E-state index contributed by atoms with van der Waals surface area (Å²) in [6.45, 7) is 2.21. The lowest BCUT2D eigenvalue weighted by atomic mass is 9.97. The van der Waals surface area contributed by atoms with E-state index in [9.17, 15) is 4.79 Å². The highest BCUT2D eigenvalue weighted by atomic mass is 16.3. The minimum atomic E-state index is 0.292. The van der Waals surface area contributed by atoms with Crippen molar-refractivity contribution in [1.29, 1.82) is 0 Å². The molecule has 1 heterocycles. The fourth-order valence-electron chi connectivity index (χ4n) is 2.47. The number of ketones is 1. The fraction of sp³-hybridized carbons (Fsp3) is 0.615. The van der Waals surface area contributed by atoms with E-state index in [1.807, 2.05) is 12.1 Å². The van der Waals surface area contributed by atoms with E-state index in [-0.39, 0.29) is 0 Å². The van der Waals surface area contributed by atoms with E-state index in [4.69, 9.17) is 4.42 Å². The van der Waals surface area contributed by atoms with Crippen molar-refractivity contribution in [3.8, 4) is 0 Å². The van der Waals surface area contributed by atoms with Crippen LogP contribution >= 0.6 is 0 Å². The van der Waals surface area contributed by atoms with Gasteiger partial charge in [0.1, 0.15) is 11.5 Å². The molecule has 0 aliphatic heterocycles. The second-order valence-electron chi connectivity index (χ2n) is 4.51. The van der Waals surface area contributed by atoms with Gasteiger partial charge in [-0.05, 0) is 37.3 Å². The van der Waals surface area contributed by atoms with Gasteiger partial charge in [0.15, 0.2) is 0 Å². The molecule has 2 unspecified atom stereocenters. The van der Waals surface area contributed by atoms with Gasteiger partial charge in [0, 0.05) is 5.92 Å². The highest BCUT2D eigenvalue weighted by molar-refractivity contribution is 5.83. The quantitative estimate of drug-likeness (QED) is 0.757. The van der Waals surface area contributed by atoms with Gasteiger partial charge in [-0.1, -0.05) is 13.3 Å². The van der Waals surface area contributed by atoms with Gasteiger partial charge in [-0.25, -0.2) is 0 Å². The number of rotatable bonds is 4. The Hall–Kier alpha value is -1.05. The maximum Gasteiger partial charge on any atom is 0.143 e. The van der Waals surface area contributed by atoms with Gasteiger partial charge in [-0.2, -0.15) is 0 Å². The van der Waals surface area contributed by atoms with Crippen LogP contribution in [0.25, 0.3) is 0 Å². The van der Waals surface area contributed by atoms with Gasteiger partial charge in [0.25, 0.3) is 0 Å². The Labute approximate surface area is 90.7 Å². The van der Waals surface area contributed by atoms with Crippen LogP contribution in [-0.4, -0.2) is 5.78 Å².